The fourth-order valence-corrected chi connectivity index (χ4v) is 2.78. The first-order chi connectivity index (χ1) is 10.9. The summed E-state index contributed by atoms with van der Waals surface area (Å²) in [6.07, 6.45) is 5.55. The van der Waals surface area contributed by atoms with E-state index in [9.17, 15) is 12.3 Å². The molecule has 1 aliphatic rings. The van der Waals surface area contributed by atoms with Crippen molar-refractivity contribution in [2.45, 2.75) is 52.2 Å². The maximum absolute atomic E-state index is 13.0. The molecule has 1 heterocycles. The maximum atomic E-state index is 13.0. The zero-order valence-corrected chi connectivity index (χ0v) is 15.2. The van der Waals surface area contributed by atoms with Crippen LogP contribution in [-0.2, 0) is 26.2 Å². The normalized spacial score (nSPS) is 19.1. The Bertz CT molecular complexity index is 779. The SMILES string of the molecule is C#CCc1cc(OS(=O)(=O)F)c(C)c(B2OC(C)(C)C(C)(C)O2)c1. The maximum Gasteiger partial charge on any atom is 0.495 e. The van der Waals surface area contributed by atoms with E-state index < -0.39 is 28.8 Å². The monoisotopic (exact) mass is 354 g/mol. The van der Waals surface area contributed by atoms with Gasteiger partial charge in [-0.1, -0.05) is 9.95 Å². The molecule has 130 valence electrons. The number of hydrogen-bond acceptors (Lipinski definition) is 5. The van der Waals surface area contributed by atoms with Crippen LogP contribution in [0.2, 0.25) is 0 Å². The summed E-state index contributed by atoms with van der Waals surface area (Å²) < 4.78 is 51.1. The number of hydrogen-bond donors (Lipinski definition) is 0. The highest BCUT2D eigenvalue weighted by molar-refractivity contribution is 7.81. The van der Waals surface area contributed by atoms with E-state index in [0.29, 0.717) is 16.6 Å². The Hall–Kier alpha value is -1.56. The van der Waals surface area contributed by atoms with Crippen molar-refractivity contribution in [3.63, 3.8) is 0 Å². The molecule has 5 nitrogen and oxygen atoms in total. The van der Waals surface area contributed by atoms with Gasteiger partial charge >= 0.3 is 17.6 Å². The van der Waals surface area contributed by atoms with Gasteiger partial charge in [0.05, 0.1) is 11.2 Å². The molecule has 0 saturated carbocycles. The van der Waals surface area contributed by atoms with E-state index in [1.54, 1.807) is 13.0 Å². The zero-order valence-electron chi connectivity index (χ0n) is 14.3. The molecule has 0 N–H and O–H groups in total. The first-order valence-corrected chi connectivity index (χ1v) is 8.74. The molecule has 24 heavy (non-hydrogen) atoms. The second-order valence-corrected chi connectivity index (χ2v) is 7.71. The van der Waals surface area contributed by atoms with Crippen molar-refractivity contribution in [1.29, 1.82) is 0 Å². The van der Waals surface area contributed by atoms with Crippen LogP contribution in [0.5, 0.6) is 5.75 Å². The topological polar surface area (TPSA) is 61.8 Å². The molecule has 0 aliphatic carbocycles. The molecular formula is C16H20BFO5S. The molecule has 1 fully saturated rings. The van der Waals surface area contributed by atoms with Crippen LogP contribution in [0.4, 0.5) is 3.89 Å². The van der Waals surface area contributed by atoms with Crippen LogP contribution < -0.4 is 9.65 Å². The lowest BCUT2D eigenvalue weighted by atomic mass is 9.75. The van der Waals surface area contributed by atoms with Gasteiger partial charge in [0.1, 0.15) is 5.75 Å². The van der Waals surface area contributed by atoms with Crippen LogP contribution in [0.1, 0.15) is 38.8 Å². The van der Waals surface area contributed by atoms with E-state index in [-0.39, 0.29) is 12.2 Å². The summed E-state index contributed by atoms with van der Waals surface area (Å²) in [6, 6.07) is 3.16. The summed E-state index contributed by atoms with van der Waals surface area (Å²) in [7, 11) is -5.89. The average Bonchev–Trinajstić information content (AvgIpc) is 2.60. The zero-order chi connectivity index (χ0) is 18.3. The largest absolute Gasteiger partial charge is 0.495 e. The Kier molecular flexibility index (Phi) is 4.75. The van der Waals surface area contributed by atoms with Crippen molar-refractivity contribution < 1.29 is 25.8 Å². The molecule has 1 aromatic carbocycles. The third-order valence-corrected chi connectivity index (χ3v) is 4.84. The van der Waals surface area contributed by atoms with Crippen LogP contribution in [0.15, 0.2) is 12.1 Å². The molecule has 0 aromatic heterocycles. The van der Waals surface area contributed by atoms with Crippen molar-refractivity contribution in [2.24, 2.45) is 0 Å². The minimum atomic E-state index is -5.15. The van der Waals surface area contributed by atoms with Crippen LogP contribution in [0.3, 0.4) is 0 Å². The molecule has 0 bridgehead atoms. The van der Waals surface area contributed by atoms with E-state index >= 15 is 0 Å². The summed E-state index contributed by atoms with van der Waals surface area (Å²) in [5.74, 6) is 2.33. The average molecular weight is 354 g/mol. The van der Waals surface area contributed by atoms with Crippen molar-refractivity contribution in [1.82, 2.24) is 0 Å². The van der Waals surface area contributed by atoms with Gasteiger partial charge < -0.3 is 13.5 Å². The van der Waals surface area contributed by atoms with Gasteiger partial charge in [0, 0.05) is 6.42 Å². The van der Waals surface area contributed by atoms with E-state index in [0.717, 1.165) is 0 Å². The Balaban J connectivity index is 2.52. The first kappa shape index (κ1) is 18.8. The second kappa shape index (κ2) is 6.06. The van der Waals surface area contributed by atoms with Gasteiger partial charge in [0.2, 0.25) is 0 Å². The minimum Gasteiger partial charge on any atom is -0.399 e. The molecular weight excluding hydrogens is 334 g/mol. The second-order valence-electron chi connectivity index (χ2n) is 6.75. The van der Waals surface area contributed by atoms with Gasteiger partial charge in [0.15, 0.2) is 0 Å². The highest BCUT2D eigenvalue weighted by Crippen LogP contribution is 2.37. The van der Waals surface area contributed by atoms with Gasteiger partial charge in [-0.2, -0.15) is 8.42 Å². The molecule has 1 aromatic rings. The lowest BCUT2D eigenvalue weighted by Crippen LogP contribution is -2.41. The summed E-state index contributed by atoms with van der Waals surface area (Å²) in [5.41, 5.74) is 0.431. The predicted octanol–water partition coefficient (Wildman–Crippen LogP) is 2.06. The summed E-state index contributed by atoms with van der Waals surface area (Å²) in [4.78, 5) is 0. The van der Waals surface area contributed by atoms with Gasteiger partial charge in [-0.05, 0) is 57.3 Å². The molecule has 8 heteroatoms. The van der Waals surface area contributed by atoms with Crippen LogP contribution >= 0.6 is 0 Å². The summed E-state index contributed by atoms with van der Waals surface area (Å²) in [6.45, 7) is 9.21. The van der Waals surface area contributed by atoms with Crippen LogP contribution in [0.25, 0.3) is 0 Å². The first-order valence-electron chi connectivity index (χ1n) is 7.43. The van der Waals surface area contributed by atoms with E-state index in [2.05, 4.69) is 10.1 Å². The highest BCUT2D eigenvalue weighted by atomic mass is 32.3. The highest BCUT2D eigenvalue weighted by Gasteiger charge is 2.52. The van der Waals surface area contributed by atoms with E-state index in [1.165, 1.54) is 6.07 Å². The molecule has 0 spiro atoms. The van der Waals surface area contributed by atoms with Crippen molar-refractivity contribution in [3.8, 4) is 18.1 Å². The van der Waals surface area contributed by atoms with Crippen molar-refractivity contribution in [3.05, 3.63) is 23.3 Å². The molecule has 0 radical (unpaired) electrons. The summed E-state index contributed by atoms with van der Waals surface area (Å²) in [5, 5.41) is 0. The third-order valence-electron chi connectivity index (χ3n) is 4.46. The molecule has 1 saturated heterocycles. The number of benzene rings is 1. The molecule has 1 aliphatic heterocycles. The van der Waals surface area contributed by atoms with Gasteiger partial charge in [-0.15, -0.1) is 12.3 Å². The number of terminal acetylenes is 1. The van der Waals surface area contributed by atoms with Gasteiger partial charge in [0.25, 0.3) is 0 Å². The lowest BCUT2D eigenvalue weighted by Gasteiger charge is -2.32. The Morgan fingerprint density at radius 1 is 1.25 bits per heavy atom. The van der Waals surface area contributed by atoms with Crippen LogP contribution in [0, 0.1) is 19.3 Å². The predicted molar refractivity (Wildman–Crippen MR) is 90.1 cm³/mol. The Labute approximate surface area is 143 Å². The van der Waals surface area contributed by atoms with Gasteiger partial charge in [-0.3, -0.25) is 0 Å². The fraction of sp³-hybridized carbons (Fsp3) is 0.500. The summed E-state index contributed by atoms with van der Waals surface area (Å²) >= 11 is 0. The van der Waals surface area contributed by atoms with Crippen molar-refractivity contribution >= 4 is 23.1 Å². The lowest BCUT2D eigenvalue weighted by molar-refractivity contribution is 0.00578. The Morgan fingerprint density at radius 3 is 2.25 bits per heavy atom. The van der Waals surface area contributed by atoms with Crippen molar-refractivity contribution in [2.75, 3.05) is 0 Å². The number of rotatable bonds is 4. The number of halogens is 1. The van der Waals surface area contributed by atoms with E-state index in [1.807, 2.05) is 27.7 Å². The Morgan fingerprint density at radius 2 is 1.79 bits per heavy atom. The molecule has 0 atom stereocenters. The molecule has 2 rings (SSSR count). The molecule has 0 amide bonds. The smallest absolute Gasteiger partial charge is 0.399 e. The third kappa shape index (κ3) is 3.74. The minimum absolute atomic E-state index is 0.130. The quantitative estimate of drug-likeness (QED) is 0.471. The molecule has 0 unspecified atom stereocenters. The van der Waals surface area contributed by atoms with Crippen LogP contribution in [-0.4, -0.2) is 26.7 Å². The fourth-order valence-electron chi connectivity index (χ4n) is 2.40. The standard InChI is InChI=1S/C16H20BFO5S/c1-7-8-12-9-13(11(2)14(10-12)21-24(18,19)20)17-22-15(3,4)16(5,6)23-17/h1,9-10H,8H2,2-6H3. The van der Waals surface area contributed by atoms with Gasteiger partial charge in [-0.25, -0.2) is 0 Å². The van der Waals surface area contributed by atoms with E-state index in [4.69, 9.17) is 15.7 Å².